The molecule has 4 aromatic rings. The Morgan fingerprint density at radius 2 is 2.06 bits per heavy atom. The molecule has 0 saturated carbocycles. The highest BCUT2D eigenvalue weighted by Gasteiger charge is 2.20. The number of carbonyl (C=O) groups is 1. The number of rotatable bonds is 7. The smallest absolute Gasteiger partial charge is 0.284 e. The van der Waals surface area contributed by atoms with Crippen molar-refractivity contribution in [1.29, 1.82) is 5.26 Å². The van der Waals surface area contributed by atoms with E-state index in [1.165, 1.54) is 48.8 Å². The van der Waals surface area contributed by atoms with E-state index in [4.69, 9.17) is 9.15 Å². The molecule has 174 valence electrons. The third-order valence-electron chi connectivity index (χ3n) is 4.86. The molecule has 10 nitrogen and oxygen atoms in total. The molecule has 0 radical (unpaired) electrons. The molecule has 0 aliphatic heterocycles. The van der Waals surface area contributed by atoms with Crippen molar-refractivity contribution < 1.29 is 18.9 Å². The molecule has 11 heteroatoms. The van der Waals surface area contributed by atoms with Crippen molar-refractivity contribution in [1.82, 2.24) is 10.2 Å². The van der Waals surface area contributed by atoms with Gasteiger partial charge in [-0.2, -0.15) is 5.26 Å². The van der Waals surface area contributed by atoms with Gasteiger partial charge in [-0.3, -0.25) is 20.2 Å². The molecule has 0 aliphatic rings. The molecule has 0 aliphatic carbocycles. The molecule has 2 aromatic carbocycles. The quantitative estimate of drug-likeness (QED) is 0.161. The summed E-state index contributed by atoms with van der Waals surface area (Å²) in [7, 11) is 1.41. The lowest BCUT2D eigenvalue weighted by molar-refractivity contribution is -0.384. The molecule has 0 spiro atoms. The average Bonchev–Trinajstić information content (AvgIpc) is 3.52. The van der Waals surface area contributed by atoms with E-state index in [2.05, 4.69) is 15.5 Å². The number of furan rings is 1. The van der Waals surface area contributed by atoms with Crippen molar-refractivity contribution in [2.75, 3.05) is 12.4 Å². The lowest BCUT2D eigenvalue weighted by Crippen LogP contribution is -2.13. The molecular formula is C24H17N5O5S. The van der Waals surface area contributed by atoms with Crippen LogP contribution in [0, 0.1) is 28.4 Å². The van der Waals surface area contributed by atoms with Gasteiger partial charge in [0.25, 0.3) is 11.6 Å². The van der Waals surface area contributed by atoms with Crippen molar-refractivity contribution in [3.05, 3.63) is 81.6 Å². The average molecular weight is 487 g/mol. The van der Waals surface area contributed by atoms with Crippen LogP contribution in [0.2, 0.25) is 0 Å². The van der Waals surface area contributed by atoms with Crippen LogP contribution in [0.4, 0.5) is 10.8 Å². The van der Waals surface area contributed by atoms with Crippen LogP contribution >= 0.6 is 11.3 Å². The standard InChI is InChI=1S/C24H17N5O5S/c1-14-4-3-5-15(10-14)23-27-28-24(35-23)26-22(30)16(13-25)11-18-7-9-21(34-18)19-8-6-17(33-2)12-20(19)29(31)32/h3-12H,1-2H3,(H,26,28,30)/b16-11-. The maximum absolute atomic E-state index is 12.6. The fourth-order valence-corrected chi connectivity index (χ4v) is 3.93. The number of nitriles is 1. The number of amides is 1. The van der Waals surface area contributed by atoms with E-state index >= 15 is 0 Å². The van der Waals surface area contributed by atoms with E-state index in [-0.39, 0.29) is 33.5 Å². The highest BCUT2D eigenvalue weighted by molar-refractivity contribution is 7.18. The Morgan fingerprint density at radius 1 is 1.23 bits per heavy atom. The Morgan fingerprint density at radius 3 is 2.77 bits per heavy atom. The van der Waals surface area contributed by atoms with Gasteiger partial charge in [-0.1, -0.05) is 35.1 Å². The number of hydrogen-bond donors (Lipinski definition) is 1. The summed E-state index contributed by atoms with van der Waals surface area (Å²) in [5, 5.41) is 32.4. The summed E-state index contributed by atoms with van der Waals surface area (Å²) in [6, 6.07) is 16.9. The number of nitro groups is 1. The van der Waals surface area contributed by atoms with Crippen molar-refractivity contribution >= 4 is 34.1 Å². The summed E-state index contributed by atoms with van der Waals surface area (Å²) < 4.78 is 10.7. The summed E-state index contributed by atoms with van der Waals surface area (Å²) in [6.45, 7) is 1.96. The molecule has 2 heterocycles. The second kappa shape index (κ2) is 9.98. The van der Waals surface area contributed by atoms with Crippen LogP contribution in [0.5, 0.6) is 5.75 Å². The first-order chi connectivity index (χ1) is 16.9. The van der Waals surface area contributed by atoms with Crippen molar-refractivity contribution in [2.24, 2.45) is 0 Å². The molecule has 0 bridgehead atoms. The molecule has 0 unspecified atom stereocenters. The van der Waals surface area contributed by atoms with Crippen LogP contribution < -0.4 is 10.1 Å². The van der Waals surface area contributed by atoms with Crippen LogP contribution in [0.15, 0.2) is 64.6 Å². The second-order valence-electron chi connectivity index (χ2n) is 7.25. The number of aromatic nitrogens is 2. The zero-order valence-electron chi connectivity index (χ0n) is 18.5. The second-order valence-corrected chi connectivity index (χ2v) is 8.23. The number of nitrogens with zero attached hydrogens (tertiary/aromatic N) is 4. The van der Waals surface area contributed by atoms with Crippen LogP contribution in [0.3, 0.4) is 0 Å². The summed E-state index contributed by atoms with van der Waals surface area (Å²) in [5.41, 5.74) is 1.73. The molecule has 0 atom stereocenters. The molecular weight excluding hydrogens is 470 g/mol. The predicted molar refractivity (Wildman–Crippen MR) is 130 cm³/mol. The first kappa shape index (κ1) is 23.3. The zero-order valence-corrected chi connectivity index (χ0v) is 19.3. The van der Waals surface area contributed by atoms with Gasteiger partial charge < -0.3 is 9.15 Å². The fraction of sp³-hybridized carbons (Fsp3) is 0.0833. The minimum atomic E-state index is -0.687. The monoisotopic (exact) mass is 487 g/mol. The lowest BCUT2D eigenvalue weighted by atomic mass is 10.1. The summed E-state index contributed by atoms with van der Waals surface area (Å²) in [5.74, 6) is 0.0235. The van der Waals surface area contributed by atoms with E-state index in [0.717, 1.165) is 11.1 Å². The maximum Gasteiger partial charge on any atom is 0.284 e. The van der Waals surface area contributed by atoms with Crippen molar-refractivity contribution in [3.8, 4) is 33.7 Å². The third kappa shape index (κ3) is 5.23. The first-order valence-corrected chi connectivity index (χ1v) is 11.0. The summed E-state index contributed by atoms with van der Waals surface area (Å²) in [6.07, 6.45) is 1.25. The van der Waals surface area contributed by atoms with Gasteiger partial charge in [0, 0.05) is 11.6 Å². The SMILES string of the molecule is COc1ccc(-c2ccc(/C=C(/C#N)C(=O)Nc3nnc(-c4cccc(C)c4)s3)o2)c([N+](=O)[O-])c1. The van der Waals surface area contributed by atoms with Crippen LogP contribution in [0.1, 0.15) is 11.3 Å². The Hall–Kier alpha value is -4.82. The molecule has 1 N–H and O–H groups in total. The predicted octanol–water partition coefficient (Wildman–Crippen LogP) is 5.24. The molecule has 4 rings (SSSR count). The van der Waals surface area contributed by atoms with Gasteiger partial charge in [0.15, 0.2) is 0 Å². The lowest BCUT2D eigenvalue weighted by Gasteiger charge is -2.03. The highest BCUT2D eigenvalue weighted by Crippen LogP contribution is 2.34. The maximum atomic E-state index is 12.6. The number of benzene rings is 2. The Bertz CT molecular complexity index is 1500. The van der Waals surface area contributed by atoms with E-state index < -0.39 is 10.8 Å². The normalized spacial score (nSPS) is 11.1. The van der Waals surface area contributed by atoms with Crippen LogP contribution in [-0.2, 0) is 4.79 Å². The van der Waals surface area contributed by atoms with E-state index in [9.17, 15) is 20.2 Å². The van der Waals surface area contributed by atoms with Gasteiger partial charge in [-0.05, 0) is 37.3 Å². The Labute approximate surface area is 203 Å². The molecule has 1 amide bonds. The Balaban J connectivity index is 1.54. The van der Waals surface area contributed by atoms with Crippen molar-refractivity contribution in [3.63, 3.8) is 0 Å². The molecule has 0 saturated heterocycles. The first-order valence-electron chi connectivity index (χ1n) is 10.1. The number of nitro benzene ring substituents is 1. The summed E-state index contributed by atoms with van der Waals surface area (Å²) >= 11 is 1.18. The van der Waals surface area contributed by atoms with Gasteiger partial charge in [0.05, 0.1) is 23.7 Å². The van der Waals surface area contributed by atoms with Gasteiger partial charge in [-0.25, -0.2) is 0 Å². The number of nitrogens with one attached hydrogen (secondary N) is 1. The van der Waals surface area contributed by atoms with E-state index in [0.29, 0.717) is 10.8 Å². The number of methoxy groups -OCH3 is 1. The summed E-state index contributed by atoms with van der Waals surface area (Å²) in [4.78, 5) is 23.5. The van der Waals surface area contributed by atoms with E-state index in [1.54, 1.807) is 6.07 Å². The number of carbonyl (C=O) groups excluding carboxylic acids is 1. The van der Waals surface area contributed by atoms with Gasteiger partial charge in [0.2, 0.25) is 5.13 Å². The minimum absolute atomic E-state index is 0.175. The van der Waals surface area contributed by atoms with E-state index in [1.807, 2.05) is 37.3 Å². The van der Waals surface area contributed by atoms with Crippen LogP contribution in [-0.4, -0.2) is 28.1 Å². The molecule has 2 aromatic heterocycles. The third-order valence-corrected chi connectivity index (χ3v) is 5.74. The largest absolute Gasteiger partial charge is 0.497 e. The van der Waals surface area contributed by atoms with Crippen LogP contribution in [0.25, 0.3) is 28.0 Å². The Kier molecular flexibility index (Phi) is 6.66. The highest BCUT2D eigenvalue weighted by atomic mass is 32.1. The molecule has 35 heavy (non-hydrogen) atoms. The van der Waals surface area contributed by atoms with Crippen molar-refractivity contribution in [2.45, 2.75) is 6.92 Å². The number of aryl methyl sites for hydroxylation is 1. The van der Waals surface area contributed by atoms with Gasteiger partial charge in [0.1, 0.15) is 33.9 Å². The van der Waals surface area contributed by atoms with Gasteiger partial charge in [-0.15, -0.1) is 10.2 Å². The molecule has 0 fully saturated rings. The van der Waals surface area contributed by atoms with Gasteiger partial charge >= 0.3 is 0 Å². The zero-order chi connectivity index (χ0) is 24.9. The topological polar surface area (TPSA) is 144 Å². The number of anilines is 1. The fourth-order valence-electron chi connectivity index (χ4n) is 3.20. The minimum Gasteiger partial charge on any atom is -0.497 e. The number of hydrogen-bond acceptors (Lipinski definition) is 9. The number of ether oxygens (including phenoxy) is 1.